The summed E-state index contributed by atoms with van der Waals surface area (Å²) < 4.78 is 0. The van der Waals surface area contributed by atoms with Crippen molar-refractivity contribution in [3.05, 3.63) is 83.6 Å². The highest BCUT2D eigenvalue weighted by molar-refractivity contribution is 5.98. The van der Waals surface area contributed by atoms with Gasteiger partial charge in [0.2, 0.25) is 0 Å². The largest absolute Gasteiger partial charge is 0.349 e. The van der Waals surface area contributed by atoms with Crippen molar-refractivity contribution in [3.8, 4) is 22.4 Å². The van der Waals surface area contributed by atoms with E-state index < -0.39 is 0 Å². The maximum absolute atomic E-state index is 12.6. The van der Waals surface area contributed by atoms with Crippen LogP contribution in [0.25, 0.3) is 33.2 Å². The first kappa shape index (κ1) is 21.3. The first-order valence-electron chi connectivity index (χ1n) is 11.6. The number of carbonyl (C=O) groups excluding carboxylic acids is 1. The number of aromatic nitrogens is 2. The topological polar surface area (TPSA) is 54.9 Å². The highest BCUT2D eigenvalue weighted by Gasteiger charge is 2.24. The minimum absolute atomic E-state index is 0.00592. The standard InChI is InChI=1S/C29H29N3O/c1-18-5-6-21(28(33)31-24-12-13-24)16-26(18)20-9-14-25-22(15-20)17-30-32-27(25)19-7-10-23(11-8-19)29(2,3)4/h5-11,14-17,24H,12-13H2,1-4H3,(H,31,33). The molecule has 4 heteroatoms. The second kappa shape index (κ2) is 8.11. The molecular weight excluding hydrogens is 406 g/mol. The Labute approximate surface area is 195 Å². The number of carbonyl (C=O) groups is 1. The number of rotatable bonds is 4. The van der Waals surface area contributed by atoms with E-state index in [4.69, 9.17) is 0 Å². The molecule has 4 aromatic rings. The highest BCUT2D eigenvalue weighted by atomic mass is 16.1. The van der Waals surface area contributed by atoms with Crippen molar-refractivity contribution in [1.82, 2.24) is 15.5 Å². The van der Waals surface area contributed by atoms with Crippen LogP contribution in [0.1, 0.15) is 55.1 Å². The molecule has 0 bridgehead atoms. The van der Waals surface area contributed by atoms with Gasteiger partial charge < -0.3 is 5.32 Å². The smallest absolute Gasteiger partial charge is 0.251 e. The molecule has 0 aliphatic heterocycles. The lowest BCUT2D eigenvalue weighted by molar-refractivity contribution is 0.0951. The van der Waals surface area contributed by atoms with Gasteiger partial charge in [-0.1, -0.05) is 63.2 Å². The fourth-order valence-corrected chi connectivity index (χ4v) is 4.17. The van der Waals surface area contributed by atoms with Gasteiger partial charge in [0.15, 0.2) is 0 Å². The molecule has 0 atom stereocenters. The van der Waals surface area contributed by atoms with Gasteiger partial charge in [0.25, 0.3) is 5.91 Å². The van der Waals surface area contributed by atoms with Crippen LogP contribution in [-0.2, 0) is 5.41 Å². The monoisotopic (exact) mass is 435 g/mol. The van der Waals surface area contributed by atoms with Crippen molar-refractivity contribution in [2.75, 3.05) is 0 Å². The Kier molecular flexibility index (Phi) is 5.24. The molecule has 0 unspecified atom stereocenters. The molecule has 1 N–H and O–H groups in total. The van der Waals surface area contributed by atoms with E-state index in [2.05, 4.69) is 85.7 Å². The average Bonchev–Trinajstić information content (AvgIpc) is 3.62. The minimum atomic E-state index is 0.00592. The van der Waals surface area contributed by atoms with Gasteiger partial charge in [0.1, 0.15) is 5.69 Å². The molecule has 1 saturated carbocycles. The molecule has 1 fully saturated rings. The molecule has 3 aromatic carbocycles. The predicted molar refractivity (Wildman–Crippen MR) is 134 cm³/mol. The summed E-state index contributed by atoms with van der Waals surface area (Å²) in [7, 11) is 0. The molecule has 1 aromatic heterocycles. The van der Waals surface area contributed by atoms with Crippen LogP contribution in [0.3, 0.4) is 0 Å². The molecule has 166 valence electrons. The van der Waals surface area contributed by atoms with Crippen molar-refractivity contribution in [2.24, 2.45) is 0 Å². The molecule has 0 radical (unpaired) electrons. The Bertz CT molecular complexity index is 1350. The van der Waals surface area contributed by atoms with Gasteiger partial charge >= 0.3 is 0 Å². The van der Waals surface area contributed by atoms with Crippen LogP contribution < -0.4 is 5.32 Å². The maximum Gasteiger partial charge on any atom is 0.251 e. The van der Waals surface area contributed by atoms with Gasteiger partial charge in [-0.3, -0.25) is 4.79 Å². The lowest BCUT2D eigenvalue weighted by Crippen LogP contribution is -2.25. The van der Waals surface area contributed by atoms with Crippen LogP contribution in [0, 0.1) is 6.92 Å². The molecule has 0 spiro atoms. The normalized spacial score (nSPS) is 13.8. The summed E-state index contributed by atoms with van der Waals surface area (Å²) in [6.07, 6.45) is 3.97. The van der Waals surface area contributed by atoms with Crippen molar-refractivity contribution in [1.29, 1.82) is 0 Å². The fourth-order valence-electron chi connectivity index (χ4n) is 4.17. The molecule has 0 saturated heterocycles. The van der Waals surface area contributed by atoms with Gasteiger partial charge in [0, 0.05) is 27.9 Å². The van der Waals surface area contributed by atoms with Gasteiger partial charge in [-0.2, -0.15) is 5.10 Å². The number of benzene rings is 3. The van der Waals surface area contributed by atoms with E-state index in [0.717, 1.165) is 51.6 Å². The molecular formula is C29H29N3O. The van der Waals surface area contributed by atoms with Crippen LogP contribution in [-0.4, -0.2) is 22.1 Å². The number of hydrogen-bond donors (Lipinski definition) is 1. The van der Waals surface area contributed by atoms with Crippen LogP contribution in [0.5, 0.6) is 0 Å². The van der Waals surface area contributed by atoms with E-state index >= 15 is 0 Å². The fraction of sp³-hybridized carbons (Fsp3) is 0.276. The van der Waals surface area contributed by atoms with Crippen molar-refractivity contribution in [3.63, 3.8) is 0 Å². The van der Waals surface area contributed by atoms with Gasteiger partial charge in [0.05, 0.1) is 6.20 Å². The molecule has 1 aliphatic carbocycles. The van der Waals surface area contributed by atoms with Crippen LogP contribution in [0.2, 0.25) is 0 Å². The summed E-state index contributed by atoms with van der Waals surface area (Å²) in [5.74, 6) is 0.00592. The number of hydrogen-bond acceptors (Lipinski definition) is 3. The van der Waals surface area contributed by atoms with Gasteiger partial charge in [-0.15, -0.1) is 5.10 Å². The number of fused-ring (bicyclic) bond motifs is 1. The third-order valence-corrected chi connectivity index (χ3v) is 6.41. The Morgan fingerprint density at radius 3 is 2.36 bits per heavy atom. The van der Waals surface area contributed by atoms with Crippen LogP contribution in [0.4, 0.5) is 0 Å². The Hall–Kier alpha value is -3.53. The van der Waals surface area contributed by atoms with Crippen molar-refractivity contribution >= 4 is 16.7 Å². The second-order valence-electron chi connectivity index (χ2n) is 10.1. The lowest BCUT2D eigenvalue weighted by atomic mass is 9.86. The van der Waals surface area contributed by atoms with Gasteiger partial charge in [-0.25, -0.2) is 0 Å². The van der Waals surface area contributed by atoms with E-state index in [1.807, 2.05) is 24.4 Å². The van der Waals surface area contributed by atoms with E-state index in [1.54, 1.807) is 0 Å². The summed E-state index contributed by atoms with van der Waals surface area (Å²) in [5, 5.41) is 13.9. The molecule has 4 nitrogen and oxygen atoms in total. The first-order chi connectivity index (χ1) is 15.8. The number of nitrogens with zero attached hydrogens (tertiary/aromatic N) is 2. The summed E-state index contributed by atoms with van der Waals surface area (Å²) >= 11 is 0. The zero-order valence-electron chi connectivity index (χ0n) is 19.6. The van der Waals surface area contributed by atoms with Crippen molar-refractivity contribution in [2.45, 2.75) is 52.0 Å². The number of aryl methyl sites for hydroxylation is 1. The minimum Gasteiger partial charge on any atom is -0.349 e. The second-order valence-corrected chi connectivity index (χ2v) is 10.1. The SMILES string of the molecule is Cc1ccc(C(=O)NC2CC2)cc1-c1ccc2c(-c3ccc(C(C)(C)C)cc3)nncc2c1. The number of amides is 1. The maximum atomic E-state index is 12.6. The molecule has 1 heterocycles. The molecule has 1 aliphatic rings. The third-order valence-electron chi connectivity index (χ3n) is 6.41. The summed E-state index contributed by atoms with van der Waals surface area (Å²) in [6, 6.07) is 21.2. The quantitative estimate of drug-likeness (QED) is 0.400. The lowest BCUT2D eigenvalue weighted by Gasteiger charge is -2.19. The highest BCUT2D eigenvalue weighted by Crippen LogP contribution is 2.33. The number of nitrogens with one attached hydrogen (secondary N) is 1. The van der Waals surface area contributed by atoms with Crippen LogP contribution in [0.15, 0.2) is 66.9 Å². The summed E-state index contributed by atoms with van der Waals surface area (Å²) in [6.45, 7) is 8.73. The van der Waals surface area contributed by atoms with Crippen molar-refractivity contribution < 1.29 is 4.79 Å². The van der Waals surface area contributed by atoms with Gasteiger partial charge in [-0.05, 0) is 65.6 Å². The molecule has 5 rings (SSSR count). The summed E-state index contributed by atoms with van der Waals surface area (Å²) in [5.41, 5.74) is 7.32. The Morgan fingerprint density at radius 2 is 1.67 bits per heavy atom. The van der Waals surface area contributed by atoms with E-state index in [1.165, 1.54) is 5.56 Å². The third kappa shape index (κ3) is 4.38. The average molecular weight is 436 g/mol. The molecule has 1 amide bonds. The van der Waals surface area contributed by atoms with E-state index in [9.17, 15) is 4.79 Å². The van der Waals surface area contributed by atoms with E-state index in [0.29, 0.717) is 11.6 Å². The predicted octanol–water partition coefficient (Wildman–Crippen LogP) is 6.46. The summed E-state index contributed by atoms with van der Waals surface area (Å²) in [4.78, 5) is 12.6. The zero-order chi connectivity index (χ0) is 23.2. The van der Waals surface area contributed by atoms with E-state index in [-0.39, 0.29) is 11.3 Å². The zero-order valence-corrected chi connectivity index (χ0v) is 19.6. The Morgan fingerprint density at radius 1 is 0.939 bits per heavy atom. The molecule has 33 heavy (non-hydrogen) atoms. The first-order valence-corrected chi connectivity index (χ1v) is 11.6. The van der Waals surface area contributed by atoms with Crippen LogP contribution >= 0.6 is 0 Å². The Balaban J connectivity index is 1.52.